The van der Waals surface area contributed by atoms with E-state index in [1.807, 2.05) is 25.2 Å². The maximum absolute atomic E-state index is 12.4. The predicted octanol–water partition coefficient (Wildman–Crippen LogP) is 2.19. The zero-order valence-corrected chi connectivity index (χ0v) is 14.2. The monoisotopic (exact) mass is 346 g/mol. The molecule has 2 heterocycles. The third-order valence-corrected chi connectivity index (χ3v) is 4.62. The fourth-order valence-corrected chi connectivity index (χ4v) is 3.53. The molecule has 0 bridgehead atoms. The average molecular weight is 346 g/mol. The van der Waals surface area contributed by atoms with E-state index < -0.39 is 10.0 Å². The average Bonchev–Trinajstić information content (AvgIpc) is 2.92. The van der Waals surface area contributed by atoms with E-state index in [-0.39, 0.29) is 5.75 Å². The molecule has 1 aromatic carbocycles. The number of rotatable bonds is 6. The summed E-state index contributed by atoms with van der Waals surface area (Å²) in [5, 5.41) is 7.62. The lowest BCUT2D eigenvalue weighted by Crippen LogP contribution is -2.16. The second-order valence-corrected chi connectivity index (χ2v) is 7.22. The molecule has 0 spiro atoms. The van der Waals surface area contributed by atoms with Gasteiger partial charge in [0.2, 0.25) is 10.0 Å². The molecule has 126 valence electrons. The molecule has 0 atom stereocenters. The minimum Gasteiger partial charge on any atom is -0.361 e. The Kier molecular flexibility index (Phi) is 4.50. The van der Waals surface area contributed by atoms with E-state index in [4.69, 9.17) is 4.52 Å². The summed E-state index contributed by atoms with van der Waals surface area (Å²) in [5.41, 5.74) is 2.27. The first-order valence-corrected chi connectivity index (χ1v) is 9.08. The Hall–Kier alpha value is -2.45. The van der Waals surface area contributed by atoms with Crippen LogP contribution in [0, 0.1) is 6.92 Å². The van der Waals surface area contributed by atoms with Crippen LogP contribution in [0.3, 0.4) is 0 Å². The van der Waals surface area contributed by atoms with Gasteiger partial charge in [0.15, 0.2) is 0 Å². The normalized spacial score (nSPS) is 11.8. The van der Waals surface area contributed by atoms with Gasteiger partial charge in [-0.1, -0.05) is 23.4 Å². The van der Waals surface area contributed by atoms with Crippen LogP contribution in [0.15, 0.2) is 40.9 Å². The number of hydrogen-bond donors (Lipinski definition) is 2. The molecule has 3 aromatic rings. The number of aryl methyl sites for hydroxylation is 1. The first-order valence-electron chi connectivity index (χ1n) is 7.43. The van der Waals surface area contributed by atoms with Crippen LogP contribution in [0.25, 0.3) is 10.9 Å². The molecule has 0 fully saturated rings. The lowest BCUT2D eigenvalue weighted by molar-refractivity contribution is 0.392. The molecule has 2 N–H and O–H groups in total. The zero-order chi connectivity index (χ0) is 17.2. The van der Waals surface area contributed by atoms with Crippen LogP contribution in [-0.4, -0.2) is 25.6 Å². The number of benzene rings is 1. The molecule has 0 radical (unpaired) electrons. The van der Waals surface area contributed by atoms with E-state index in [9.17, 15) is 8.42 Å². The number of para-hydroxylation sites is 1. The first-order chi connectivity index (χ1) is 11.5. The number of fused-ring (bicyclic) bond motifs is 1. The molecule has 3 rings (SSSR count). The molecule has 0 unspecified atom stereocenters. The molecule has 0 amide bonds. The van der Waals surface area contributed by atoms with Gasteiger partial charge in [-0.05, 0) is 26.1 Å². The van der Waals surface area contributed by atoms with Crippen molar-refractivity contribution in [3.8, 4) is 0 Å². The van der Waals surface area contributed by atoms with Gasteiger partial charge >= 0.3 is 0 Å². The van der Waals surface area contributed by atoms with E-state index in [2.05, 4.69) is 20.2 Å². The van der Waals surface area contributed by atoms with Crippen molar-refractivity contribution in [2.75, 3.05) is 11.8 Å². The lowest BCUT2D eigenvalue weighted by Gasteiger charge is -2.10. The van der Waals surface area contributed by atoms with Crippen LogP contribution >= 0.6 is 0 Å². The van der Waals surface area contributed by atoms with Gasteiger partial charge < -0.3 is 9.84 Å². The maximum Gasteiger partial charge on any atom is 0.238 e. The highest BCUT2D eigenvalue weighted by Gasteiger charge is 2.16. The van der Waals surface area contributed by atoms with Gasteiger partial charge in [0.25, 0.3) is 0 Å². The van der Waals surface area contributed by atoms with Crippen molar-refractivity contribution < 1.29 is 12.9 Å². The molecule has 7 nitrogen and oxygen atoms in total. The van der Waals surface area contributed by atoms with Gasteiger partial charge in [-0.25, -0.2) is 13.4 Å². The summed E-state index contributed by atoms with van der Waals surface area (Å²) in [5.74, 6) is 0.320. The molecular weight excluding hydrogens is 328 g/mol. The Bertz CT molecular complexity index is 966. The van der Waals surface area contributed by atoms with E-state index in [1.54, 1.807) is 25.1 Å². The third-order valence-electron chi connectivity index (χ3n) is 3.42. The van der Waals surface area contributed by atoms with Crippen molar-refractivity contribution >= 4 is 26.6 Å². The number of anilines is 1. The smallest absolute Gasteiger partial charge is 0.238 e. The molecule has 2 aromatic heterocycles. The highest BCUT2D eigenvalue weighted by Crippen LogP contribution is 2.23. The summed E-state index contributed by atoms with van der Waals surface area (Å²) in [4.78, 5) is 4.54. The molecular formula is C16H18N4O3S. The van der Waals surface area contributed by atoms with Crippen LogP contribution in [0.5, 0.6) is 0 Å². The van der Waals surface area contributed by atoms with Crippen molar-refractivity contribution in [3.05, 3.63) is 53.5 Å². The predicted molar refractivity (Wildman–Crippen MR) is 92.0 cm³/mol. The number of hydrogen-bond acceptors (Lipinski definition) is 6. The van der Waals surface area contributed by atoms with Gasteiger partial charge in [0, 0.05) is 18.0 Å². The van der Waals surface area contributed by atoms with Crippen molar-refractivity contribution in [2.24, 2.45) is 0 Å². The van der Waals surface area contributed by atoms with Gasteiger partial charge in [-0.2, -0.15) is 0 Å². The Balaban J connectivity index is 1.92. The summed E-state index contributed by atoms with van der Waals surface area (Å²) in [6.07, 6.45) is 0. The number of nitrogens with one attached hydrogen (secondary N) is 2. The Morgan fingerprint density at radius 2 is 2.00 bits per heavy atom. The Morgan fingerprint density at radius 3 is 2.71 bits per heavy atom. The Morgan fingerprint density at radius 1 is 1.17 bits per heavy atom. The second kappa shape index (κ2) is 6.58. The molecule has 0 aliphatic carbocycles. The van der Waals surface area contributed by atoms with Crippen molar-refractivity contribution in [3.63, 3.8) is 0 Å². The van der Waals surface area contributed by atoms with E-state index in [1.165, 1.54) is 0 Å². The minimum atomic E-state index is -3.62. The van der Waals surface area contributed by atoms with Gasteiger partial charge in [-0.15, -0.1) is 0 Å². The fourth-order valence-electron chi connectivity index (χ4n) is 2.43. The van der Waals surface area contributed by atoms with Crippen molar-refractivity contribution in [2.45, 2.75) is 19.2 Å². The molecule has 0 aliphatic heterocycles. The maximum atomic E-state index is 12.4. The van der Waals surface area contributed by atoms with E-state index >= 15 is 0 Å². The molecule has 0 aliphatic rings. The van der Waals surface area contributed by atoms with Crippen LogP contribution in [0.1, 0.15) is 17.1 Å². The van der Waals surface area contributed by atoms with E-state index in [0.29, 0.717) is 29.2 Å². The lowest BCUT2D eigenvalue weighted by atomic mass is 10.2. The number of nitrogens with zero attached hydrogens (tertiary/aromatic N) is 2. The number of pyridine rings is 1. The Labute approximate surface area is 140 Å². The second-order valence-electron chi connectivity index (χ2n) is 5.50. The van der Waals surface area contributed by atoms with Crippen molar-refractivity contribution in [1.82, 2.24) is 15.5 Å². The van der Waals surface area contributed by atoms with E-state index in [0.717, 1.165) is 11.1 Å². The summed E-state index contributed by atoms with van der Waals surface area (Å²) >= 11 is 0. The standard InChI is InChI=1S/C16H18N4O3S/c1-11-8-14(19-23-11)10-24(21,22)20-15-5-3-4-12-6-7-13(9-17-2)18-16(12)15/h3-8,17,20H,9-10H2,1-2H3. The summed E-state index contributed by atoms with van der Waals surface area (Å²) in [7, 11) is -1.79. The summed E-state index contributed by atoms with van der Waals surface area (Å²) in [6, 6.07) is 10.8. The molecule has 8 heteroatoms. The largest absolute Gasteiger partial charge is 0.361 e. The number of aromatic nitrogens is 2. The highest BCUT2D eigenvalue weighted by atomic mass is 32.2. The number of sulfonamides is 1. The summed E-state index contributed by atoms with van der Waals surface area (Å²) in [6.45, 7) is 2.32. The van der Waals surface area contributed by atoms with Gasteiger partial charge in [0.1, 0.15) is 17.2 Å². The van der Waals surface area contributed by atoms with Gasteiger partial charge in [-0.3, -0.25) is 4.72 Å². The highest BCUT2D eigenvalue weighted by molar-refractivity contribution is 7.91. The van der Waals surface area contributed by atoms with Crippen LogP contribution in [0.4, 0.5) is 5.69 Å². The topological polar surface area (TPSA) is 97.1 Å². The SMILES string of the molecule is CNCc1ccc2cccc(NS(=O)(=O)Cc3cc(C)on3)c2n1. The fraction of sp³-hybridized carbons (Fsp3) is 0.250. The van der Waals surface area contributed by atoms with Crippen LogP contribution in [0.2, 0.25) is 0 Å². The molecule has 0 saturated carbocycles. The molecule has 24 heavy (non-hydrogen) atoms. The van der Waals surface area contributed by atoms with Gasteiger partial charge in [0.05, 0.1) is 16.9 Å². The van der Waals surface area contributed by atoms with Crippen molar-refractivity contribution in [1.29, 1.82) is 0 Å². The quantitative estimate of drug-likeness (QED) is 0.710. The molecule has 0 saturated heterocycles. The minimum absolute atomic E-state index is 0.253. The zero-order valence-electron chi connectivity index (χ0n) is 13.4. The third kappa shape index (κ3) is 3.72. The first kappa shape index (κ1) is 16.4. The van der Waals surface area contributed by atoms with Crippen LogP contribution < -0.4 is 10.0 Å². The summed E-state index contributed by atoms with van der Waals surface area (Å²) < 4.78 is 32.3. The van der Waals surface area contributed by atoms with Crippen LogP contribution in [-0.2, 0) is 22.3 Å².